The van der Waals surface area contributed by atoms with Crippen molar-refractivity contribution in [1.29, 1.82) is 0 Å². The summed E-state index contributed by atoms with van der Waals surface area (Å²) in [7, 11) is 0. The molecule has 2 N–H and O–H groups in total. The highest BCUT2D eigenvalue weighted by Gasteiger charge is 2.43. The first-order chi connectivity index (χ1) is 10.5. The largest absolute Gasteiger partial charge is 0.350 e. The molecule has 2 aliphatic rings. The summed E-state index contributed by atoms with van der Waals surface area (Å²) in [6, 6.07) is -0.552. The van der Waals surface area contributed by atoms with Crippen molar-refractivity contribution < 1.29 is 14.4 Å². The topological polar surface area (TPSA) is 75.3 Å². The molecule has 0 aromatic rings. The zero-order valence-electron chi connectivity index (χ0n) is 13.4. The van der Waals surface area contributed by atoms with Crippen molar-refractivity contribution in [3.8, 4) is 0 Å². The molecule has 2 rings (SSSR count). The summed E-state index contributed by atoms with van der Waals surface area (Å²) in [6.07, 6.45) is 5.94. The monoisotopic (exact) mass is 326 g/mol. The van der Waals surface area contributed by atoms with Gasteiger partial charge in [-0.25, -0.2) is 0 Å². The molecular formula is C16H26N2O3S. The second kappa shape index (κ2) is 7.49. The first-order valence-corrected chi connectivity index (χ1v) is 9.27. The quantitative estimate of drug-likeness (QED) is 0.499. The highest BCUT2D eigenvalue weighted by molar-refractivity contribution is 8.07. The number of carbonyl (C=O) groups excluding carboxylic acids is 3. The van der Waals surface area contributed by atoms with E-state index in [-0.39, 0.29) is 28.5 Å². The van der Waals surface area contributed by atoms with Gasteiger partial charge in [0.25, 0.3) is 0 Å². The number of rotatable bonds is 9. The van der Waals surface area contributed by atoms with Crippen LogP contribution in [0.4, 0.5) is 0 Å². The molecule has 0 bridgehead atoms. The van der Waals surface area contributed by atoms with Crippen LogP contribution in [0.2, 0.25) is 0 Å². The average Bonchev–Trinajstić information content (AvgIpc) is 3.26. The first-order valence-electron chi connectivity index (χ1n) is 8.23. The van der Waals surface area contributed by atoms with Gasteiger partial charge in [-0.05, 0) is 25.7 Å². The highest BCUT2D eigenvalue weighted by atomic mass is 32.2. The van der Waals surface area contributed by atoms with Crippen molar-refractivity contribution in [2.24, 2.45) is 5.92 Å². The van der Waals surface area contributed by atoms with Crippen molar-refractivity contribution >= 4 is 29.9 Å². The Hall–Kier alpha value is -1.04. The number of hydrogen-bond acceptors (Lipinski definition) is 4. The van der Waals surface area contributed by atoms with E-state index in [1.807, 2.05) is 0 Å². The lowest BCUT2D eigenvalue weighted by Gasteiger charge is -2.28. The predicted octanol–water partition coefficient (Wildman–Crippen LogP) is 1.65. The van der Waals surface area contributed by atoms with Crippen LogP contribution >= 0.6 is 11.8 Å². The molecule has 0 aromatic heterocycles. The Morgan fingerprint density at radius 1 is 1.45 bits per heavy atom. The van der Waals surface area contributed by atoms with Gasteiger partial charge in [-0.15, -0.1) is 11.8 Å². The van der Waals surface area contributed by atoms with Crippen molar-refractivity contribution in [3.05, 3.63) is 0 Å². The molecule has 6 heteroatoms. The van der Waals surface area contributed by atoms with E-state index < -0.39 is 6.04 Å². The lowest BCUT2D eigenvalue weighted by molar-refractivity contribution is -0.125. The van der Waals surface area contributed by atoms with Crippen molar-refractivity contribution in [1.82, 2.24) is 10.6 Å². The van der Waals surface area contributed by atoms with Crippen LogP contribution < -0.4 is 10.6 Å². The van der Waals surface area contributed by atoms with Gasteiger partial charge in [-0.1, -0.05) is 26.7 Å². The maximum Gasteiger partial charge on any atom is 0.234 e. The van der Waals surface area contributed by atoms with Crippen LogP contribution in [0.15, 0.2) is 0 Å². The summed E-state index contributed by atoms with van der Waals surface area (Å²) < 4.78 is 0. The molecule has 3 atom stereocenters. The number of aldehydes is 1. The van der Waals surface area contributed by atoms with Gasteiger partial charge in [0.15, 0.2) is 0 Å². The standard InChI is InChI=1S/C16H26N2O3S/c1-3-5-16(6-4-2)8-11(14(20)18-16)7-12(9-19)17-15(21)13-10-22-13/h9,11-13H,3-8,10H2,1-2H3,(H,17,21)(H,18,20). The number of hydrogen-bond donors (Lipinski definition) is 2. The summed E-state index contributed by atoms with van der Waals surface area (Å²) in [4.78, 5) is 35.3. The van der Waals surface area contributed by atoms with Crippen LogP contribution in [0.25, 0.3) is 0 Å². The molecule has 0 aliphatic carbocycles. The average molecular weight is 326 g/mol. The fourth-order valence-electron chi connectivity index (χ4n) is 3.51. The predicted molar refractivity (Wildman–Crippen MR) is 87.7 cm³/mol. The van der Waals surface area contributed by atoms with Gasteiger partial charge < -0.3 is 15.4 Å². The van der Waals surface area contributed by atoms with Gasteiger partial charge in [0.1, 0.15) is 6.29 Å². The van der Waals surface area contributed by atoms with E-state index in [2.05, 4.69) is 24.5 Å². The molecule has 2 fully saturated rings. The molecule has 5 nitrogen and oxygen atoms in total. The van der Waals surface area contributed by atoms with Gasteiger partial charge >= 0.3 is 0 Å². The van der Waals surface area contributed by atoms with Crippen molar-refractivity contribution in [2.75, 3.05) is 5.75 Å². The molecule has 2 heterocycles. The van der Waals surface area contributed by atoms with E-state index in [0.717, 1.165) is 44.1 Å². The number of amides is 2. The van der Waals surface area contributed by atoms with E-state index in [0.29, 0.717) is 6.42 Å². The molecule has 124 valence electrons. The Morgan fingerprint density at radius 3 is 2.59 bits per heavy atom. The molecule has 2 amide bonds. The SMILES string of the molecule is CCCC1(CCC)CC(CC(C=O)NC(=O)C2CS2)C(=O)N1. The van der Waals surface area contributed by atoms with E-state index in [9.17, 15) is 14.4 Å². The van der Waals surface area contributed by atoms with Crippen LogP contribution in [0.5, 0.6) is 0 Å². The second-order valence-electron chi connectivity index (χ2n) is 6.48. The third-order valence-corrected chi connectivity index (χ3v) is 5.39. The van der Waals surface area contributed by atoms with Crippen LogP contribution in [0.3, 0.4) is 0 Å². The fourth-order valence-corrected chi connectivity index (χ4v) is 3.98. The summed E-state index contributed by atoms with van der Waals surface area (Å²) >= 11 is 1.58. The molecule has 22 heavy (non-hydrogen) atoms. The Labute approximate surface area is 136 Å². The lowest BCUT2D eigenvalue weighted by Crippen LogP contribution is -2.41. The second-order valence-corrected chi connectivity index (χ2v) is 7.72. The fraction of sp³-hybridized carbons (Fsp3) is 0.812. The maximum absolute atomic E-state index is 12.3. The van der Waals surface area contributed by atoms with Crippen LogP contribution in [-0.4, -0.2) is 40.7 Å². The van der Waals surface area contributed by atoms with Crippen LogP contribution in [-0.2, 0) is 14.4 Å². The summed E-state index contributed by atoms with van der Waals surface area (Å²) in [5.74, 6) is 0.607. The highest BCUT2D eigenvalue weighted by Crippen LogP contribution is 2.35. The zero-order valence-corrected chi connectivity index (χ0v) is 14.2. The normalized spacial score (nSPS) is 27.1. The molecule has 3 unspecified atom stereocenters. The molecule has 0 saturated carbocycles. The minimum Gasteiger partial charge on any atom is -0.350 e. The van der Waals surface area contributed by atoms with E-state index in [1.54, 1.807) is 11.8 Å². The summed E-state index contributed by atoms with van der Waals surface area (Å²) in [6.45, 7) is 4.25. The third-order valence-electron chi connectivity index (χ3n) is 4.51. The zero-order chi connectivity index (χ0) is 16.2. The minimum absolute atomic E-state index is 0.000807. The Kier molecular flexibility index (Phi) is 5.89. The van der Waals surface area contributed by atoms with Gasteiger partial charge in [-0.2, -0.15) is 0 Å². The number of thioether (sulfide) groups is 1. The number of carbonyl (C=O) groups is 3. The first kappa shape index (κ1) is 17.3. The van der Waals surface area contributed by atoms with Gasteiger partial charge in [0.2, 0.25) is 11.8 Å². The molecule has 0 spiro atoms. The van der Waals surface area contributed by atoms with Gasteiger partial charge in [-0.3, -0.25) is 9.59 Å². The van der Waals surface area contributed by atoms with Crippen molar-refractivity contribution in [2.45, 2.75) is 69.2 Å². The lowest BCUT2D eigenvalue weighted by atomic mass is 9.83. The smallest absolute Gasteiger partial charge is 0.234 e. The molecular weight excluding hydrogens is 300 g/mol. The summed E-state index contributed by atoms with van der Waals surface area (Å²) in [5, 5.41) is 5.92. The van der Waals surface area contributed by atoms with E-state index >= 15 is 0 Å². The summed E-state index contributed by atoms with van der Waals surface area (Å²) in [5.41, 5.74) is -0.116. The van der Waals surface area contributed by atoms with Gasteiger partial charge in [0.05, 0.1) is 11.3 Å². The van der Waals surface area contributed by atoms with E-state index in [1.165, 1.54) is 0 Å². The van der Waals surface area contributed by atoms with Gasteiger partial charge in [0, 0.05) is 17.2 Å². The number of nitrogens with one attached hydrogen (secondary N) is 2. The molecule has 0 aromatic carbocycles. The van der Waals surface area contributed by atoms with E-state index in [4.69, 9.17) is 0 Å². The third kappa shape index (κ3) is 4.24. The maximum atomic E-state index is 12.3. The molecule has 0 radical (unpaired) electrons. The van der Waals surface area contributed by atoms with Crippen molar-refractivity contribution in [3.63, 3.8) is 0 Å². The Balaban J connectivity index is 1.94. The Morgan fingerprint density at radius 2 is 2.09 bits per heavy atom. The molecule has 2 saturated heterocycles. The minimum atomic E-state index is -0.552. The molecule has 2 aliphatic heterocycles. The van der Waals surface area contributed by atoms with Crippen LogP contribution in [0.1, 0.15) is 52.4 Å². The Bertz CT molecular complexity index is 431. The van der Waals surface area contributed by atoms with Crippen LogP contribution in [0, 0.1) is 5.92 Å².